The normalized spacial score (nSPS) is 13.9. The zero-order valence-corrected chi connectivity index (χ0v) is 14.5. The molecule has 0 aliphatic rings. The molecule has 0 fully saturated rings. The van der Waals surface area contributed by atoms with Crippen LogP contribution in [0.5, 0.6) is 0 Å². The lowest BCUT2D eigenvalue weighted by atomic mass is 10.1. The summed E-state index contributed by atoms with van der Waals surface area (Å²) in [6, 6.07) is 8.00. The highest BCUT2D eigenvalue weighted by Crippen LogP contribution is 2.19. The minimum Gasteiger partial charge on any atom is -0.464 e. The third-order valence-electron chi connectivity index (χ3n) is 3.47. The van der Waals surface area contributed by atoms with Gasteiger partial charge in [-0.2, -0.15) is 0 Å². The highest BCUT2D eigenvalue weighted by Gasteiger charge is 2.12. The molecule has 6 heteroatoms. The summed E-state index contributed by atoms with van der Waals surface area (Å²) in [7, 11) is 1.05. The van der Waals surface area contributed by atoms with Gasteiger partial charge in [-0.1, -0.05) is 12.1 Å². The molecule has 0 unspecified atom stereocenters. The van der Waals surface area contributed by atoms with Crippen LogP contribution in [-0.2, 0) is 25.1 Å². The molecule has 1 aromatic rings. The minimum absolute atomic E-state index is 0.00687. The van der Waals surface area contributed by atoms with Crippen LogP contribution in [0.25, 0.3) is 0 Å². The Morgan fingerprint density at radius 3 is 2.50 bits per heavy atom. The molecular weight excluding hydrogens is 302 g/mol. The predicted molar refractivity (Wildman–Crippen MR) is 87.3 cm³/mol. The summed E-state index contributed by atoms with van der Waals surface area (Å²) in [5, 5.41) is 0. The van der Waals surface area contributed by atoms with E-state index >= 15 is 0 Å². The zero-order valence-electron chi connectivity index (χ0n) is 13.7. The molecule has 0 radical (unpaired) electrons. The first-order valence-corrected chi connectivity index (χ1v) is 8.88. The van der Waals surface area contributed by atoms with Crippen molar-refractivity contribution < 1.29 is 18.5 Å². The Morgan fingerprint density at radius 1 is 1.32 bits per heavy atom. The quantitative estimate of drug-likeness (QED) is 0.513. The van der Waals surface area contributed by atoms with Gasteiger partial charge in [0.15, 0.2) is 0 Å². The van der Waals surface area contributed by atoms with Crippen LogP contribution in [0, 0.1) is 0 Å². The number of carbonyl (C=O) groups excluding carboxylic acids is 1. The summed E-state index contributed by atoms with van der Waals surface area (Å²) in [6.07, 6.45) is 1.67. The molecule has 0 saturated heterocycles. The summed E-state index contributed by atoms with van der Waals surface area (Å²) < 4.78 is 21.5. The molecule has 0 aliphatic carbocycles. The first-order valence-electron chi connectivity index (χ1n) is 7.32. The van der Waals surface area contributed by atoms with Crippen LogP contribution in [0.4, 0.5) is 0 Å². The van der Waals surface area contributed by atoms with E-state index in [1.807, 2.05) is 31.3 Å². The van der Waals surface area contributed by atoms with Crippen LogP contribution >= 0.6 is 0 Å². The van der Waals surface area contributed by atoms with E-state index in [0.29, 0.717) is 19.8 Å². The van der Waals surface area contributed by atoms with Crippen LogP contribution in [0.2, 0.25) is 0 Å². The van der Waals surface area contributed by atoms with Gasteiger partial charge in [0.05, 0.1) is 13.2 Å². The van der Waals surface area contributed by atoms with E-state index in [1.165, 1.54) is 0 Å². The maximum atomic E-state index is 11.4. The van der Waals surface area contributed by atoms with Gasteiger partial charge in [-0.3, -0.25) is 9.11 Å². The molecule has 1 aromatic carbocycles. The Labute approximate surface area is 135 Å². The lowest BCUT2D eigenvalue weighted by Gasteiger charge is -2.25. The first-order chi connectivity index (χ1) is 10.5. The fourth-order valence-corrected chi connectivity index (χ4v) is 2.47. The molecule has 0 N–H and O–H groups in total. The number of nitrogens with zero attached hydrogens (tertiary/aromatic N) is 1. The maximum absolute atomic E-state index is 11.4. The summed E-state index contributed by atoms with van der Waals surface area (Å²) in [6.45, 7) is 5.42. The smallest absolute Gasteiger partial charge is 0.332 e. The highest BCUT2D eigenvalue weighted by molar-refractivity contribution is 7.84. The number of likely N-dealkylation sites (N-methyl/N-ethyl adjacent to an activating group) is 1. The number of esters is 1. The van der Waals surface area contributed by atoms with Gasteiger partial charge in [0, 0.05) is 34.5 Å². The van der Waals surface area contributed by atoms with E-state index < -0.39 is 10.8 Å². The summed E-state index contributed by atoms with van der Waals surface area (Å²) >= 11 is 0. The third kappa shape index (κ3) is 6.25. The van der Waals surface area contributed by atoms with E-state index in [2.05, 4.69) is 11.8 Å². The Bertz CT molecular complexity index is 489. The standard InChI is InChI=1S/C16H25NO4S/c1-5-21-16(18)12-20-11-10-17(3)13(2)14-6-8-15(9-7-14)22(4)19/h6-9,13H,5,10-12H2,1-4H3/t13-,22+/m0/s1. The van der Waals surface area contributed by atoms with E-state index in [4.69, 9.17) is 9.47 Å². The highest BCUT2D eigenvalue weighted by atomic mass is 32.2. The van der Waals surface area contributed by atoms with Crippen molar-refractivity contribution in [1.29, 1.82) is 0 Å². The molecule has 0 heterocycles. The van der Waals surface area contributed by atoms with Crippen molar-refractivity contribution in [2.24, 2.45) is 0 Å². The van der Waals surface area contributed by atoms with Crippen LogP contribution < -0.4 is 0 Å². The van der Waals surface area contributed by atoms with Crippen LogP contribution in [0.1, 0.15) is 25.5 Å². The Balaban J connectivity index is 2.39. The van der Waals surface area contributed by atoms with E-state index in [9.17, 15) is 9.00 Å². The van der Waals surface area contributed by atoms with Gasteiger partial charge in [0.25, 0.3) is 0 Å². The van der Waals surface area contributed by atoms with Crippen LogP contribution in [0.3, 0.4) is 0 Å². The Kier molecular flexibility index (Phi) is 8.30. The van der Waals surface area contributed by atoms with E-state index in [-0.39, 0.29) is 18.6 Å². The van der Waals surface area contributed by atoms with Gasteiger partial charge in [-0.25, -0.2) is 4.79 Å². The fraction of sp³-hybridized carbons (Fsp3) is 0.562. The number of hydrogen-bond acceptors (Lipinski definition) is 5. The van der Waals surface area contributed by atoms with E-state index in [1.54, 1.807) is 13.2 Å². The molecule has 0 amide bonds. The number of ether oxygens (including phenoxy) is 2. The topological polar surface area (TPSA) is 55.8 Å². The van der Waals surface area contributed by atoms with E-state index in [0.717, 1.165) is 10.5 Å². The molecule has 1 rings (SSSR count). The maximum Gasteiger partial charge on any atom is 0.332 e. The number of rotatable bonds is 9. The average molecular weight is 327 g/mol. The molecular formula is C16H25NO4S. The third-order valence-corrected chi connectivity index (χ3v) is 4.41. The van der Waals surface area contributed by atoms with Crippen molar-refractivity contribution in [3.05, 3.63) is 29.8 Å². The van der Waals surface area contributed by atoms with Gasteiger partial charge in [0.1, 0.15) is 6.61 Å². The van der Waals surface area contributed by atoms with Gasteiger partial charge in [0.2, 0.25) is 0 Å². The molecule has 0 aliphatic heterocycles. The number of hydrogen-bond donors (Lipinski definition) is 0. The molecule has 0 spiro atoms. The lowest BCUT2D eigenvalue weighted by Crippen LogP contribution is -2.27. The Hall–Kier alpha value is -1.24. The van der Waals surface area contributed by atoms with Gasteiger partial charge in [-0.05, 0) is 38.6 Å². The SMILES string of the molecule is CCOC(=O)COCCN(C)[C@@H](C)c1ccc([S@@](C)=O)cc1. The molecule has 2 atom stereocenters. The molecule has 0 saturated carbocycles. The minimum atomic E-state index is -0.951. The van der Waals surface area contributed by atoms with Gasteiger partial charge < -0.3 is 9.47 Å². The molecule has 0 bridgehead atoms. The first kappa shape index (κ1) is 18.8. The van der Waals surface area contributed by atoms with Gasteiger partial charge >= 0.3 is 5.97 Å². The molecule has 5 nitrogen and oxygen atoms in total. The number of carbonyl (C=O) groups is 1. The van der Waals surface area contributed by atoms with Crippen molar-refractivity contribution >= 4 is 16.8 Å². The van der Waals surface area contributed by atoms with Crippen LogP contribution in [-0.4, -0.2) is 54.7 Å². The van der Waals surface area contributed by atoms with Crippen molar-refractivity contribution in [2.75, 3.05) is 39.7 Å². The second-order valence-corrected chi connectivity index (χ2v) is 6.42. The van der Waals surface area contributed by atoms with Crippen molar-refractivity contribution in [1.82, 2.24) is 4.90 Å². The van der Waals surface area contributed by atoms with Crippen molar-refractivity contribution in [3.63, 3.8) is 0 Å². The monoisotopic (exact) mass is 327 g/mol. The van der Waals surface area contributed by atoms with Gasteiger partial charge in [-0.15, -0.1) is 0 Å². The summed E-state index contributed by atoms with van der Waals surface area (Å²) in [5.41, 5.74) is 1.15. The fourth-order valence-electron chi connectivity index (χ4n) is 1.95. The predicted octanol–water partition coefficient (Wildman–Crippen LogP) is 2.00. The number of benzene rings is 1. The van der Waals surface area contributed by atoms with Crippen molar-refractivity contribution in [2.45, 2.75) is 24.8 Å². The lowest BCUT2D eigenvalue weighted by molar-refractivity contribution is -0.148. The summed E-state index contributed by atoms with van der Waals surface area (Å²) in [4.78, 5) is 14.1. The van der Waals surface area contributed by atoms with Crippen molar-refractivity contribution in [3.8, 4) is 0 Å². The largest absolute Gasteiger partial charge is 0.464 e. The summed E-state index contributed by atoms with van der Waals surface area (Å²) in [5.74, 6) is -0.332. The zero-order chi connectivity index (χ0) is 16.5. The van der Waals surface area contributed by atoms with Crippen LogP contribution in [0.15, 0.2) is 29.2 Å². The Morgan fingerprint density at radius 2 is 1.95 bits per heavy atom. The molecule has 0 aromatic heterocycles. The molecule has 124 valence electrons. The average Bonchev–Trinajstić information content (AvgIpc) is 2.51. The second kappa shape index (κ2) is 9.71. The molecule has 22 heavy (non-hydrogen) atoms. The second-order valence-electron chi connectivity index (χ2n) is 5.04.